The van der Waals surface area contributed by atoms with E-state index in [0.29, 0.717) is 5.56 Å². The molecule has 2 aromatic carbocycles. The molecule has 0 aliphatic rings. The third-order valence-electron chi connectivity index (χ3n) is 2.92. The van der Waals surface area contributed by atoms with Crippen LogP contribution in [0.2, 0.25) is 0 Å². The summed E-state index contributed by atoms with van der Waals surface area (Å²) in [6.45, 7) is 4.00. The number of aromatic carboxylic acids is 1. The second-order valence-corrected chi connectivity index (χ2v) is 4.60. The number of amides is 1. The van der Waals surface area contributed by atoms with Gasteiger partial charge >= 0.3 is 5.97 Å². The largest absolute Gasteiger partial charge is 0.508 e. The molecule has 1 amide bonds. The molecule has 25 heavy (non-hydrogen) atoms. The molecule has 7 nitrogen and oxygen atoms in total. The summed E-state index contributed by atoms with van der Waals surface area (Å²) in [4.78, 5) is 22.9. The highest BCUT2D eigenvalue weighted by Crippen LogP contribution is 2.24. The van der Waals surface area contributed by atoms with Crippen molar-refractivity contribution in [2.45, 2.75) is 13.8 Å². The van der Waals surface area contributed by atoms with E-state index in [1.54, 1.807) is 0 Å². The van der Waals surface area contributed by atoms with Gasteiger partial charge in [-0.05, 0) is 30.3 Å². The van der Waals surface area contributed by atoms with E-state index in [4.69, 9.17) is 5.11 Å². The molecule has 0 unspecified atom stereocenters. The summed E-state index contributed by atoms with van der Waals surface area (Å²) in [5.74, 6) is -2.41. The molecule has 2 aromatic rings. The van der Waals surface area contributed by atoms with Crippen LogP contribution < -0.4 is 5.32 Å². The number of phenols is 3. The molecular formula is C18H19NO6. The smallest absolute Gasteiger partial charge is 0.337 e. The maximum atomic E-state index is 11.8. The number of rotatable bonds is 4. The molecule has 0 fully saturated rings. The topological polar surface area (TPSA) is 127 Å². The molecular weight excluding hydrogens is 326 g/mol. The monoisotopic (exact) mass is 345 g/mol. The number of nitrogens with one attached hydrogen (secondary N) is 1. The molecule has 0 heterocycles. The normalized spacial score (nSPS) is 10.0. The maximum absolute atomic E-state index is 11.8. The summed E-state index contributed by atoms with van der Waals surface area (Å²) in [6.07, 6.45) is 2.38. The van der Waals surface area contributed by atoms with E-state index in [0.717, 1.165) is 18.2 Å². The highest BCUT2D eigenvalue weighted by molar-refractivity contribution is 6.06. The van der Waals surface area contributed by atoms with Crippen LogP contribution in [0, 0.1) is 0 Å². The highest BCUT2D eigenvalue weighted by Gasteiger charge is 2.12. The van der Waals surface area contributed by atoms with Gasteiger partial charge < -0.3 is 25.7 Å². The van der Waals surface area contributed by atoms with Gasteiger partial charge in [-0.15, -0.1) is 0 Å². The van der Waals surface area contributed by atoms with Crippen molar-refractivity contribution in [3.63, 3.8) is 0 Å². The number of carbonyl (C=O) groups is 2. The van der Waals surface area contributed by atoms with Gasteiger partial charge in [0.2, 0.25) is 5.91 Å². The molecule has 132 valence electrons. The van der Waals surface area contributed by atoms with Gasteiger partial charge in [0.05, 0.1) is 11.3 Å². The molecule has 7 heteroatoms. The van der Waals surface area contributed by atoms with Crippen LogP contribution in [0.1, 0.15) is 29.8 Å². The highest BCUT2D eigenvalue weighted by atomic mass is 16.4. The van der Waals surface area contributed by atoms with Gasteiger partial charge in [-0.3, -0.25) is 4.79 Å². The fraction of sp³-hybridized carbons (Fsp3) is 0.111. The van der Waals surface area contributed by atoms with Crippen molar-refractivity contribution in [1.82, 2.24) is 0 Å². The SMILES string of the molecule is CC.O=C(/C=C/c1ccc(O)cc1O)Nc1cc(O)ccc1C(=O)O. The van der Waals surface area contributed by atoms with E-state index < -0.39 is 11.9 Å². The maximum Gasteiger partial charge on any atom is 0.337 e. The molecule has 0 bridgehead atoms. The second-order valence-electron chi connectivity index (χ2n) is 4.60. The third kappa shape index (κ3) is 5.58. The Balaban J connectivity index is 0.00000151. The zero-order valence-corrected chi connectivity index (χ0v) is 13.7. The van der Waals surface area contributed by atoms with Gasteiger partial charge in [-0.2, -0.15) is 0 Å². The van der Waals surface area contributed by atoms with Gasteiger partial charge in [0.25, 0.3) is 0 Å². The lowest BCUT2D eigenvalue weighted by molar-refractivity contribution is -0.111. The quantitative estimate of drug-likeness (QED) is 0.542. The molecule has 0 radical (unpaired) electrons. The van der Waals surface area contributed by atoms with Gasteiger partial charge in [0, 0.05) is 23.8 Å². The lowest BCUT2D eigenvalue weighted by Gasteiger charge is -2.07. The summed E-state index contributed by atoms with van der Waals surface area (Å²) < 4.78 is 0. The minimum atomic E-state index is -1.25. The summed E-state index contributed by atoms with van der Waals surface area (Å²) in [7, 11) is 0. The van der Waals surface area contributed by atoms with Gasteiger partial charge in [-0.25, -0.2) is 4.79 Å². The summed E-state index contributed by atoms with van der Waals surface area (Å²) >= 11 is 0. The van der Waals surface area contributed by atoms with Crippen LogP contribution in [0.3, 0.4) is 0 Å². The Morgan fingerprint density at radius 3 is 2.16 bits per heavy atom. The second kappa shape index (κ2) is 8.97. The van der Waals surface area contributed by atoms with Crippen molar-refractivity contribution in [2.75, 3.05) is 5.32 Å². The Morgan fingerprint density at radius 2 is 1.56 bits per heavy atom. The first-order valence-corrected chi connectivity index (χ1v) is 7.44. The minimum Gasteiger partial charge on any atom is -0.508 e. The third-order valence-corrected chi connectivity index (χ3v) is 2.92. The van der Waals surface area contributed by atoms with E-state index >= 15 is 0 Å². The average molecular weight is 345 g/mol. The Kier molecular flexibility index (Phi) is 7.02. The van der Waals surface area contributed by atoms with Crippen LogP contribution in [0.25, 0.3) is 6.08 Å². The van der Waals surface area contributed by atoms with Crippen molar-refractivity contribution in [3.05, 3.63) is 53.6 Å². The minimum absolute atomic E-state index is 0.0536. The van der Waals surface area contributed by atoms with Crippen LogP contribution in [0.15, 0.2) is 42.5 Å². The van der Waals surface area contributed by atoms with Crippen molar-refractivity contribution < 1.29 is 30.0 Å². The van der Waals surface area contributed by atoms with E-state index in [1.807, 2.05) is 13.8 Å². The van der Waals surface area contributed by atoms with Crippen molar-refractivity contribution in [3.8, 4) is 17.2 Å². The van der Waals surface area contributed by atoms with E-state index in [9.17, 15) is 24.9 Å². The van der Waals surface area contributed by atoms with Crippen molar-refractivity contribution >= 4 is 23.6 Å². The molecule has 0 saturated heterocycles. The number of carbonyl (C=O) groups excluding carboxylic acids is 1. The summed E-state index contributed by atoms with van der Waals surface area (Å²) in [5, 5.41) is 39.5. The van der Waals surface area contributed by atoms with Crippen LogP contribution in [-0.2, 0) is 4.79 Å². The van der Waals surface area contributed by atoms with E-state index in [2.05, 4.69) is 5.32 Å². The fourth-order valence-corrected chi connectivity index (χ4v) is 1.84. The molecule has 0 spiro atoms. The molecule has 0 atom stereocenters. The number of phenolic OH excluding ortho intramolecular Hbond substituents is 3. The first-order chi connectivity index (χ1) is 11.9. The Bertz CT molecular complexity index is 798. The molecule has 0 aromatic heterocycles. The van der Waals surface area contributed by atoms with Crippen LogP contribution >= 0.6 is 0 Å². The van der Waals surface area contributed by atoms with Crippen LogP contribution in [0.5, 0.6) is 17.2 Å². The molecule has 0 aliphatic carbocycles. The predicted molar refractivity (Wildman–Crippen MR) is 93.8 cm³/mol. The number of anilines is 1. The number of hydrogen-bond donors (Lipinski definition) is 5. The van der Waals surface area contributed by atoms with Crippen molar-refractivity contribution in [1.29, 1.82) is 0 Å². The Morgan fingerprint density at radius 1 is 0.960 bits per heavy atom. The standard InChI is InChI=1S/C16H13NO6.C2H6/c18-10-4-5-12(16(22)23)13(7-10)17-15(21)6-2-9-1-3-11(19)8-14(9)20;1-2/h1-8,18-20H,(H,17,21)(H,22,23);1-2H3/b6-2+;. The Hall–Kier alpha value is -3.48. The van der Waals surface area contributed by atoms with Crippen LogP contribution in [-0.4, -0.2) is 32.3 Å². The van der Waals surface area contributed by atoms with Crippen LogP contribution in [0.4, 0.5) is 5.69 Å². The zero-order chi connectivity index (χ0) is 19.0. The predicted octanol–water partition coefficient (Wildman–Crippen LogP) is 3.18. The molecule has 0 aliphatic heterocycles. The number of carboxylic acid groups (broad SMARTS) is 1. The zero-order valence-electron chi connectivity index (χ0n) is 13.7. The fourth-order valence-electron chi connectivity index (χ4n) is 1.84. The first kappa shape index (κ1) is 19.6. The van der Waals surface area contributed by atoms with Crippen molar-refractivity contribution in [2.24, 2.45) is 0 Å². The summed E-state index contributed by atoms with van der Waals surface area (Å²) in [6, 6.07) is 7.36. The molecule has 5 N–H and O–H groups in total. The lowest BCUT2D eigenvalue weighted by Crippen LogP contribution is -2.11. The average Bonchev–Trinajstić information content (AvgIpc) is 2.55. The van der Waals surface area contributed by atoms with Gasteiger partial charge in [0.15, 0.2) is 0 Å². The lowest BCUT2D eigenvalue weighted by atomic mass is 10.1. The van der Waals surface area contributed by atoms with Gasteiger partial charge in [-0.1, -0.05) is 13.8 Å². The van der Waals surface area contributed by atoms with E-state index in [-0.39, 0.29) is 28.5 Å². The number of carboxylic acids is 1. The van der Waals surface area contributed by atoms with E-state index in [1.165, 1.54) is 30.3 Å². The number of hydrogen-bond acceptors (Lipinski definition) is 5. The summed E-state index contributed by atoms with van der Waals surface area (Å²) in [5.41, 5.74) is 0.0754. The van der Waals surface area contributed by atoms with Gasteiger partial charge in [0.1, 0.15) is 17.2 Å². The number of aromatic hydroxyl groups is 3. The Labute approximate surface area is 144 Å². The first-order valence-electron chi connectivity index (χ1n) is 7.44. The molecule has 0 saturated carbocycles. The molecule has 2 rings (SSSR count). The number of benzene rings is 2.